The molecule has 2 bridgehead atoms. The number of hydrogen-bond acceptors (Lipinski definition) is 0. The van der Waals surface area contributed by atoms with Gasteiger partial charge in [0.1, 0.15) is 0 Å². The van der Waals surface area contributed by atoms with E-state index in [2.05, 4.69) is 85.8 Å². The maximum atomic E-state index is 6.77. The van der Waals surface area contributed by atoms with E-state index in [1.165, 1.54) is 65.1 Å². The maximum absolute atomic E-state index is 6.77. The molecule has 0 radical (unpaired) electrons. The first-order valence-corrected chi connectivity index (χ1v) is 13.4. The highest BCUT2D eigenvalue weighted by Crippen LogP contribution is 2.62. The Morgan fingerprint density at radius 3 is 2.59 bits per heavy atom. The molecule has 3 aliphatic carbocycles. The third-order valence-corrected chi connectivity index (χ3v) is 9.67. The first-order chi connectivity index (χ1) is 16.6. The summed E-state index contributed by atoms with van der Waals surface area (Å²) in [6.45, 7) is 2.49. The lowest BCUT2D eigenvalue weighted by molar-refractivity contribution is 0.0855. The molecule has 4 aromatic rings. The van der Waals surface area contributed by atoms with Crippen molar-refractivity contribution in [1.29, 1.82) is 0 Å². The monoisotopic (exact) mass is 462 g/mol. The fraction of sp³-hybridized carbons (Fsp3) is 0.333. The predicted molar refractivity (Wildman–Crippen MR) is 144 cm³/mol. The van der Waals surface area contributed by atoms with Crippen LogP contribution >= 0.6 is 11.6 Å². The lowest BCUT2D eigenvalue weighted by atomic mass is 9.53. The zero-order valence-corrected chi connectivity index (χ0v) is 20.6. The van der Waals surface area contributed by atoms with Gasteiger partial charge in [-0.1, -0.05) is 91.3 Å². The SMILES string of the molecule is CC1CC2CCC3(c4ccccc4-c4ccc(Cc5c(Cl)ccc6ccccc56)cc43)C(C1)C2. The van der Waals surface area contributed by atoms with Crippen molar-refractivity contribution in [3.05, 3.63) is 106 Å². The van der Waals surface area contributed by atoms with Gasteiger partial charge in [-0.25, -0.2) is 0 Å². The fourth-order valence-corrected chi connectivity index (χ4v) is 8.21. The molecule has 1 spiro atoms. The summed E-state index contributed by atoms with van der Waals surface area (Å²) in [4.78, 5) is 0. The van der Waals surface area contributed by atoms with Crippen molar-refractivity contribution in [2.45, 2.75) is 50.9 Å². The lowest BCUT2D eigenvalue weighted by Gasteiger charge is -2.50. The number of benzene rings is 4. The summed E-state index contributed by atoms with van der Waals surface area (Å²) < 4.78 is 0. The van der Waals surface area contributed by atoms with Crippen LogP contribution in [0.1, 0.15) is 61.3 Å². The minimum atomic E-state index is 0.190. The molecular formula is C33H31Cl. The highest BCUT2D eigenvalue weighted by molar-refractivity contribution is 6.32. The van der Waals surface area contributed by atoms with Gasteiger partial charge in [0, 0.05) is 10.4 Å². The first kappa shape index (κ1) is 20.8. The van der Waals surface area contributed by atoms with Crippen LogP contribution in [0.3, 0.4) is 0 Å². The van der Waals surface area contributed by atoms with Crippen LogP contribution in [-0.4, -0.2) is 0 Å². The van der Waals surface area contributed by atoms with E-state index in [9.17, 15) is 0 Å². The molecule has 170 valence electrons. The standard InChI is InChI=1S/C33H31Cl/c1-21-16-23-14-15-33(25(17-21)18-23)30-9-5-4-8-27(30)28-12-10-22(20-31(28)33)19-29-26-7-3-2-6-24(26)11-13-32(29)34/h2-13,20-21,23,25H,14-19H2,1H3. The van der Waals surface area contributed by atoms with E-state index in [0.29, 0.717) is 0 Å². The highest BCUT2D eigenvalue weighted by atomic mass is 35.5. The molecule has 0 saturated heterocycles. The van der Waals surface area contributed by atoms with Crippen LogP contribution in [-0.2, 0) is 11.8 Å². The summed E-state index contributed by atoms with van der Waals surface area (Å²) in [6.07, 6.45) is 7.75. The molecule has 0 heterocycles. The van der Waals surface area contributed by atoms with E-state index >= 15 is 0 Å². The van der Waals surface area contributed by atoms with Crippen LogP contribution in [0.2, 0.25) is 5.02 Å². The number of rotatable bonds is 2. The molecule has 3 aliphatic rings. The number of fused-ring (bicyclic) bond motifs is 9. The van der Waals surface area contributed by atoms with Crippen LogP contribution in [0, 0.1) is 17.8 Å². The fourth-order valence-electron chi connectivity index (χ4n) is 7.98. The summed E-state index contributed by atoms with van der Waals surface area (Å²) in [7, 11) is 0. The topological polar surface area (TPSA) is 0 Å². The van der Waals surface area contributed by atoms with Crippen molar-refractivity contribution < 1.29 is 0 Å². The van der Waals surface area contributed by atoms with Crippen molar-refractivity contribution in [2.75, 3.05) is 0 Å². The number of hydrogen-bond donors (Lipinski definition) is 0. The molecule has 2 fully saturated rings. The Hall–Kier alpha value is -2.57. The van der Waals surface area contributed by atoms with Crippen LogP contribution in [0.5, 0.6) is 0 Å². The number of halogens is 1. The average Bonchev–Trinajstić information content (AvgIpc) is 3.13. The molecular weight excluding hydrogens is 432 g/mol. The Kier molecular flexibility index (Phi) is 4.72. The maximum Gasteiger partial charge on any atom is 0.0447 e. The van der Waals surface area contributed by atoms with E-state index in [1.807, 2.05) is 0 Å². The third kappa shape index (κ3) is 2.97. The van der Waals surface area contributed by atoms with Gasteiger partial charge in [0.2, 0.25) is 0 Å². The molecule has 0 N–H and O–H groups in total. The summed E-state index contributed by atoms with van der Waals surface area (Å²) in [6, 6.07) is 29.5. The molecule has 7 rings (SSSR count). The Morgan fingerprint density at radius 1 is 0.824 bits per heavy atom. The van der Waals surface area contributed by atoms with Crippen LogP contribution in [0.25, 0.3) is 21.9 Å². The van der Waals surface area contributed by atoms with Gasteiger partial charge in [0.05, 0.1) is 0 Å². The van der Waals surface area contributed by atoms with Crippen molar-refractivity contribution in [3.8, 4) is 11.1 Å². The van der Waals surface area contributed by atoms with Gasteiger partial charge >= 0.3 is 0 Å². The normalized spacial score (nSPS) is 27.1. The largest absolute Gasteiger partial charge is 0.0840 e. The van der Waals surface area contributed by atoms with E-state index in [1.54, 1.807) is 11.1 Å². The van der Waals surface area contributed by atoms with E-state index in [0.717, 1.165) is 29.2 Å². The quantitative estimate of drug-likeness (QED) is 0.278. The average molecular weight is 463 g/mol. The van der Waals surface area contributed by atoms with Gasteiger partial charge in [-0.15, -0.1) is 0 Å². The van der Waals surface area contributed by atoms with Gasteiger partial charge in [-0.05, 0) is 106 Å². The van der Waals surface area contributed by atoms with E-state index in [4.69, 9.17) is 11.6 Å². The molecule has 4 unspecified atom stereocenters. The molecule has 0 amide bonds. The molecule has 4 atom stereocenters. The Balaban J connectivity index is 1.38. The summed E-state index contributed by atoms with van der Waals surface area (Å²) in [5.41, 5.74) is 8.97. The predicted octanol–water partition coefficient (Wildman–Crippen LogP) is 9.20. The summed E-state index contributed by atoms with van der Waals surface area (Å²) >= 11 is 6.77. The van der Waals surface area contributed by atoms with Gasteiger partial charge in [0.25, 0.3) is 0 Å². The molecule has 0 nitrogen and oxygen atoms in total. The second kappa shape index (κ2) is 7.72. The summed E-state index contributed by atoms with van der Waals surface area (Å²) in [5.74, 6) is 2.52. The molecule has 2 saturated carbocycles. The zero-order chi connectivity index (χ0) is 22.9. The van der Waals surface area contributed by atoms with E-state index in [-0.39, 0.29) is 5.41 Å². The minimum Gasteiger partial charge on any atom is -0.0840 e. The first-order valence-electron chi connectivity index (χ1n) is 13.0. The zero-order valence-electron chi connectivity index (χ0n) is 19.9. The Bertz CT molecular complexity index is 1410. The van der Waals surface area contributed by atoms with Gasteiger partial charge in [0.15, 0.2) is 0 Å². The van der Waals surface area contributed by atoms with E-state index < -0.39 is 0 Å². The van der Waals surface area contributed by atoms with Gasteiger partial charge < -0.3 is 0 Å². The second-order valence-electron chi connectivity index (χ2n) is 11.2. The second-order valence-corrected chi connectivity index (χ2v) is 11.6. The molecule has 1 heteroatoms. The van der Waals surface area contributed by atoms with Crippen molar-refractivity contribution >= 4 is 22.4 Å². The molecule has 4 aromatic carbocycles. The lowest BCUT2D eigenvalue weighted by Crippen LogP contribution is -2.44. The Labute approximate surface area is 208 Å². The van der Waals surface area contributed by atoms with Crippen molar-refractivity contribution in [2.24, 2.45) is 17.8 Å². The molecule has 0 aliphatic heterocycles. The van der Waals surface area contributed by atoms with Gasteiger partial charge in [-0.3, -0.25) is 0 Å². The summed E-state index contributed by atoms with van der Waals surface area (Å²) in [5, 5.41) is 3.41. The van der Waals surface area contributed by atoms with Crippen LogP contribution < -0.4 is 0 Å². The van der Waals surface area contributed by atoms with Crippen molar-refractivity contribution in [3.63, 3.8) is 0 Å². The van der Waals surface area contributed by atoms with Crippen LogP contribution in [0.4, 0.5) is 0 Å². The third-order valence-electron chi connectivity index (χ3n) is 9.31. The van der Waals surface area contributed by atoms with Gasteiger partial charge in [-0.2, -0.15) is 0 Å². The smallest absolute Gasteiger partial charge is 0.0447 e. The molecule has 0 aromatic heterocycles. The Morgan fingerprint density at radius 2 is 1.65 bits per heavy atom. The minimum absolute atomic E-state index is 0.190. The molecule has 34 heavy (non-hydrogen) atoms. The highest BCUT2D eigenvalue weighted by Gasteiger charge is 2.52. The van der Waals surface area contributed by atoms with Crippen LogP contribution in [0.15, 0.2) is 78.9 Å². The van der Waals surface area contributed by atoms with Crippen molar-refractivity contribution in [1.82, 2.24) is 0 Å².